The summed E-state index contributed by atoms with van der Waals surface area (Å²) in [6.07, 6.45) is 7.02. The van der Waals surface area contributed by atoms with Crippen molar-refractivity contribution in [1.82, 2.24) is 24.6 Å². The standard InChI is InChI=1S/C19H10ClN5OS/c1-2-8-27-18-22-17-14-11-6-5-10(20)9-13(11)12-4-3-7-21-15(12)16(14)24-25(17)19(26)23-18/h1,3-7,9H,8H2,(H,22,23,26). The molecule has 0 bridgehead atoms. The van der Waals surface area contributed by atoms with E-state index in [1.54, 1.807) is 6.20 Å². The molecule has 0 saturated heterocycles. The van der Waals surface area contributed by atoms with Gasteiger partial charge in [-0.25, -0.2) is 9.78 Å². The lowest BCUT2D eigenvalue weighted by molar-refractivity contribution is 0.794. The van der Waals surface area contributed by atoms with Crippen molar-refractivity contribution in [2.45, 2.75) is 5.16 Å². The third-order valence-corrected chi connectivity index (χ3v) is 5.35. The lowest BCUT2D eigenvalue weighted by Gasteiger charge is -2.06. The minimum absolute atomic E-state index is 0.373. The first-order valence-corrected chi connectivity index (χ1v) is 9.38. The quantitative estimate of drug-likeness (QED) is 0.282. The number of halogens is 1. The van der Waals surface area contributed by atoms with Crippen LogP contribution in [0.15, 0.2) is 46.5 Å². The molecule has 0 aliphatic rings. The first kappa shape index (κ1) is 16.1. The minimum Gasteiger partial charge on any atom is -0.285 e. The number of hydrogen-bond donors (Lipinski definition) is 1. The molecule has 0 unspecified atom stereocenters. The third kappa shape index (κ3) is 2.38. The van der Waals surface area contributed by atoms with E-state index in [2.05, 4.69) is 26.0 Å². The van der Waals surface area contributed by atoms with Crippen molar-refractivity contribution in [2.75, 3.05) is 5.75 Å². The fraction of sp³-hybridized carbons (Fsp3) is 0.0526. The van der Waals surface area contributed by atoms with Gasteiger partial charge in [0.25, 0.3) is 0 Å². The lowest BCUT2D eigenvalue weighted by atomic mass is 10.0. The van der Waals surface area contributed by atoms with Crippen LogP contribution in [-0.4, -0.2) is 30.3 Å². The van der Waals surface area contributed by atoms with Crippen molar-refractivity contribution in [3.05, 3.63) is 52.0 Å². The highest BCUT2D eigenvalue weighted by molar-refractivity contribution is 7.99. The highest BCUT2D eigenvalue weighted by atomic mass is 35.5. The van der Waals surface area contributed by atoms with Gasteiger partial charge in [-0.1, -0.05) is 41.4 Å². The zero-order valence-electron chi connectivity index (χ0n) is 13.7. The number of thioether (sulfide) groups is 1. The molecule has 1 N–H and O–H groups in total. The number of rotatable bonds is 2. The highest BCUT2D eigenvalue weighted by Gasteiger charge is 2.18. The zero-order chi connectivity index (χ0) is 18.5. The molecule has 0 spiro atoms. The van der Waals surface area contributed by atoms with Crippen LogP contribution in [0.25, 0.3) is 38.2 Å². The van der Waals surface area contributed by atoms with Gasteiger partial charge in [-0.05, 0) is 29.0 Å². The molecule has 0 amide bonds. The SMILES string of the molecule is C#CCSc1nc2c3c4ccc(Cl)cc4c4cccnc4c3nn2c(=O)[nH]1. The molecule has 3 heterocycles. The molecule has 27 heavy (non-hydrogen) atoms. The molecule has 0 aliphatic heterocycles. The van der Waals surface area contributed by atoms with Crippen molar-refractivity contribution in [2.24, 2.45) is 0 Å². The molecule has 0 saturated carbocycles. The summed E-state index contributed by atoms with van der Waals surface area (Å²) < 4.78 is 1.27. The molecule has 6 nitrogen and oxygen atoms in total. The van der Waals surface area contributed by atoms with E-state index in [4.69, 9.17) is 18.0 Å². The Morgan fingerprint density at radius 2 is 2.11 bits per heavy atom. The van der Waals surface area contributed by atoms with Gasteiger partial charge in [0.2, 0.25) is 0 Å². The summed E-state index contributed by atoms with van der Waals surface area (Å²) in [7, 11) is 0. The predicted molar refractivity (Wildman–Crippen MR) is 108 cm³/mol. The van der Waals surface area contributed by atoms with Crippen LogP contribution in [0.4, 0.5) is 0 Å². The van der Waals surface area contributed by atoms with Crippen LogP contribution in [0.1, 0.15) is 0 Å². The average molecular weight is 392 g/mol. The molecule has 0 radical (unpaired) electrons. The second-order valence-electron chi connectivity index (χ2n) is 5.89. The number of aromatic nitrogens is 5. The Bertz CT molecular complexity index is 1480. The van der Waals surface area contributed by atoms with Crippen LogP contribution >= 0.6 is 23.4 Å². The van der Waals surface area contributed by atoms with Gasteiger partial charge >= 0.3 is 5.69 Å². The smallest absolute Gasteiger partial charge is 0.285 e. The van der Waals surface area contributed by atoms with Crippen LogP contribution in [0.5, 0.6) is 0 Å². The van der Waals surface area contributed by atoms with Crippen LogP contribution in [-0.2, 0) is 0 Å². The highest BCUT2D eigenvalue weighted by Crippen LogP contribution is 2.36. The van der Waals surface area contributed by atoms with Crippen molar-refractivity contribution in [3.8, 4) is 12.3 Å². The summed E-state index contributed by atoms with van der Waals surface area (Å²) in [5.41, 5.74) is 1.41. The van der Waals surface area contributed by atoms with Crippen molar-refractivity contribution < 1.29 is 0 Å². The molecule has 0 atom stereocenters. The fourth-order valence-electron chi connectivity index (χ4n) is 3.28. The largest absolute Gasteiger partial charge is 0.350 e. The van der Waals surface area contributed by atoms with Gasteiger partial charge in [0.15, 0.2) is 10.8 Å². The van der Waals surface area contributed by atoms with Crippen LogP contribution < -0.4 is 5.69 Å². The normalized spacial score (nSPS) is 11.6. The van der Waals surface area contributed by atoms with Gasteiger partial charge in [-0.3, -0.25) is 9.97 Å². The topological polar surface area (TPSA) is 75.9 Å². The molecule has 0 aliphatic carbocycles. The number of H-pyrrole nitrogens is 1. The zero-order valence-corrected chi connectivity index (χ0v) is 15.3. The molecular formula is C19H10ClN5OS. The Morgan fingerprint density at radius 3 is 2.96 bits per heavy atom. The maximum atomic E-state index is 12.6. The molecule has 2 aromatic carbocycles. The van der Waals surface area contributed by atoms with E-state index in [-0.39, 0.29) is 5.69 Å². The van der Waals surface area contributed by atoms with Gasteiger partial charge in [0, 0.05) is 16.6 Å². The van der Waals surface area contributed by atoms with Crippen molar-refractivity contribution in [3.63, 3.8) is 0 Å². The van der Waals surface area contributed by atoms with Gasteiger partial charge in [0.1, 0.15) is 5.52 Å². The third-order valence-electron chi connectivity index (χ3n) is 4.34. The van der Waals surface area contributed by atoms with Crippen molar-refractivity contribution >= 4 is 61.6 Å². The number of nitrogens with one attached hydrogen (secondary N) is 1. The van der Waals surface area contributed by atoms with E-state index in [9.17, 15) is 4.79 Å². The number of benzene rings is 2. The molecular weight excluding hydrogens is 382 g/mol. The van der Waals surface area contributed by atoms with Gasteiger partial charge < -0.3 is 0 Å². The Morgan fingerprint density at radius 1 is 1.22 bits per heavy atom. The Labute approximate surface area is 161 Å². The Hall–Kier alpha value is -3.08. The summed E-state index contributed by atoms with van der Waals surface area (Å²) in [5.74, 6) is 2.94. The molecule has 8 heteroatoms. The monoisotopic (exact) mass is 391 g/mol. The van der Waals surface area contributed by atoms with E-state index in [1.165, 1.54) is 16.3 Å². The average Bonchev–Trinajstić information content (AvgIpc) is 3.07. The number of aromatic amines is 1. The maximum Gasteiger partial charge on any atom is 0.350 e. The Balaban J connectivity index is 2.04. The summed E-state index contributed by atoms with van der Waals surface area (Å²) in [5, 5.41) is 9.12. The molecule has 130 valence electrons. The van der Waals surface area contributed by atoms with Crippen molar-refractivity contribution in [1.29, 1.82) is 0 Å². The number of terminal acetylenes is 1. The second-order valence-corrected chi connectivity index (χ2v) is 7.29. The van der Waals surface area contributed by atoms with E-state index < -0.39 is 0 Å². The number of hydrogen-bond acceptors (Lipinski definition) is 5. The number of nitrogens with zero attached hydrogens (tertiary/aromatic N) is 4. The number of fused-ring (bicyclic) bond motifs is 8. The van der Waals surface area contributed by atoms with E-state index in [0.29, 0.717) is 32.6 Å². The first-order chi connectivity index (χ1) is 13.2. The van der Waals surface area contributed by atoms with Gasteiger partial charge in [-0.15, -0.1) is 6.42 Å². The summed E-state index contributed by atoms with van der Waals surface area (Å²) >= 11 is 7.53. The van der Waals surface area contributed by atoms with Crippen LogP contribution in [0.2, 0.25) is 5.02 Å². The Kier molecular flexibility index (Phi) is 3.57. The van der Waals surface area contributed by atoms with Gasteiger partial charge in [0.05, 0.1) is 16.7 Å². The van der Waals surface area contributed by atoms with E-state index in [0.717, 1.165) is 21.5 Å². The summed E-state index contributed by atoms with van der Waals surface area (Å²) in [6.45, 7) is 0. The summed E-state index contributed by atoms with van der Waals surface area (Å²) in [6, 6.07) is 9.46. The number of pyridine rings is 1. The van der Waals surface area contributed by atoms with Crippen LogP contribution in [0.3, 0.4) is 0 Å². The lowest BCUT2D eigenvalue weighted by Crippen LogP contribution is -2.19. The molecule has 5 aromatic rings. The predicted octanol–water partition coefficient (Wildman–Crippen LogP) is 3.65. The van der Waals surface area contributed by atoms with E-state index in [1.807, 2.05) is 30.3 Å². The summed E-state index contributed by atoms with van der Waals surface area (Å²) in [4.78, 5) is 24.4. The van der Waals surface area contributed by atoms with Crippen LogP contribution in [0, 0.1) is 12.3 Å². The molecule has 5 rings (SSSR count). The fourth-order valence-corrected chi connectivity index (χ4v) is 3.99. The van der Waals surface area contributed by atoms with E-state index >= 15 is 0 Å². The molecule has 3 aromatic heterocycles. The first-order valence-electron chi connectivity index (χ1n) is 8.02. The maximum absolute atomic E-state index is 12.6. The minimum atomic E-state index is -0.373. The second kappa shape index (κ2) is 5.98. The molecule has 0 fully saturated rings. The van der Waals surface area contributed by atoms with Gasteiger partial charge in [-0.2, -0.15) is 9.61 Å².